The van der Waals surface area contributed by atoms with Crippen LogP contribution in [0.25, 0.3) is 0 Å². The highest BCUT2D eigenvalue weighted by Crippen LogP contribution is 2.39. The molecule has 0 amide bonds. The molecule has 1 rings (SSSR count). The number of nitrogens with two attached hydrogens (primary N) is 1. The highest BCUT2D eigenvalue weighted by Gasteiger charge is 2.39. The molecule has 1 unspecified atom stereocenters. The summed E-state index contributed by atoms with van der Waals surface area (Å²) < 4.78 is 0. The van der Waals surface area contributed by atoms with Crippen LogP contribution in [-0.4, -0.2) is 17.3 Å². The molecule has 15 heavy (non-hydrogen) atoms. The summed E-state index contributed by atoms with van der Waals surface area (Å²) in [5.74, 6) is 1.58. The Hall–Kier alpha value is -0.0800. The van der Waals surface area contributed by atoms with Gasteiger partial charge in [0.25, 0.3) is 0 Å². The average Bonchev–Trinajstić information content (AvgIpc) is 2.28. The molecule has 0 bridgehead atoms. The molecular weight excluding hydrogens is 186 g/mol. The van der Waals surface area contributed by atoms with Gasteiger partial charge in [0, 0.05) is 6.54 Å². The zero-order valence-electron chi connectivity index (χ0n) is 10.5. The van der Waals surface area contributed by atoms with Gasteiger partial charge in [-0.2, -0.15) is 0 Å². The van der Waals surface area contributed by atoms with Crippen LogP contribution in [0.5, 0.6) is 0 Å². The summed E-state index contributed by atoms with van der Waals surface area (Å²) in [6.45, 7) is 6.84. The topological polar surface area (TPSA) is 46.2 Å². The highest BCUT2D eigenvalue weighted by molar-refractivity contribution is 4.92. The van der Waals surface area contributed by atoms with Gasteiger partial charge in [-0.05, 0) is 30.6 Å². The van der Waals surface area contributed by atoms with E-state index in [1.54, 1.807) is 0 Å². The van der Waals surface area contributed by atoms with Crippen molar-refractivity contribution in [3.05, 3.63) is 0 Å². The van der Waals surface area contributed by atoms with Gasteiger partial charge in [-0.1, -0.05) is 40.0 Å². The molecule has 90 valence electrons. The summed E-state index contributed by atoms with van der Waals surface area (Å²) in [5, 5.41) is 10.6. The maximum atomic E-state index is 10.6. The van der Waals surface area contributed by atoms with E-state index in [0.717, 1.165) is 18.8 Å². The monoisotopic (exact) mass is 213 g/mol. The van der Waals surface area contributed by atoms with E-state index >= 15 is 0 Å². The summed E-state index contributed by atoms with van der Waals surface area (Å²) in [4.78, 5) is 0. The van der Waals surface area contributed by atoms with Crippen molar-refractivity contribution >= 4 is 0 Å². The van der Waals surface area contributed by atoms with E-state index in [1.807, 2.05) is 0 Å². The van der Waals surface area contributed by atoms with Crippen LogP contribution < -0.4 is 5.73 Å². The Morgan fingerprint density at radius 1 is 1.27 bits per heavy atom. The second-order valence-electron chi connectivity index (χ2n) is 5.48. The third kappa shape index (κ3) is 2.73. The lowest BCUT2D eigenvalue weighted by molar-refractivity contribution is -0.0669. The molecule has 0 heterocycles. The minimum atomic E-state index is -0.626. The lowest BCUT2D eigenvalue weighted by Crippen LogP contribution is -2.50. The third-order valence-corrected chi connectivity index (χ3v) is 4.46. The molecule has 0 radical (unpaired) electrons. The zero-order chi connectivity index (χ0) is 11.5. The number of rotatable bonds is 4. The standard InChI is InChI=1S/C13H27NO/c1-4-11-5-7-12(8-6-11)13(15,9-14)10(2)3/h10-12,15H,4-9,14H2,1-3H3. The molecule has 0 aromatic heterocycles. The first-order valence-electron chi connectivity index (χ1n) is 6.47. The summed E-state index contributed by atoms with van der Waals surface area (Å²) in [5.41, 5.74) is 5.13. The van der Waals surface area contributed by atoms with E-state index < -0.39 is 5.60 Å². The fraction of sp³-hybridized carbons (Fsp3) is 1.00. The van der Waals surface area contributed by atoms with E-state index in [-0.39, 0.29) is 5.92 Å². The van der Waals surface area contributed by atoms with Gasteiger partial charge in [-0.3, -0.25) is 0 Å². The van der Waals surface area contributed by atoms with E-state index in [2.05, 4.69) is 20.8 Å². The van der Waals surface area contributed by atoms with Crippen molar-refractivity contribution in [3.8, 4) is 0 Å². The maximum Gasteiger partial charge on any atom is 0.0820 e. The molecule has 0 saturated heterocycles. The predicted molar refractivity (Wildman–Crippen MR) is 64.6 cm³/mol. The van der Waals surface area contributed by atoms with Gasteiger partial charge >= 0.3 is 0 Å². The largest absolute Gasteiger partial charge is 0.388 e. The minimum absolute atomic E-state index is 0.269. The smallest absolute Gasteiger partial charge is 0.0820 e. The Morgan fingerprint density at radius 2 is 1.80 bits per heavy atom. The molecule has 0 spiro atoms. The van der Waals surface area contributed by atoms with Crippen molar-refractivity contribution in [2.24, 2.45) is 23.5 Å². The van der Waals surface area contributed by atoms with E-state index in [9.17, 15) is 5.11 Å². The molecule has 1 atom stereocenters. The van der Waals surface area contributed by atoms with Crippen LogP contribution in [0.4, 0.5) is 0 Å². The molecule has 3 N–H and O–H groups in total. The molecule has 1 fully saturated rings. The van der Waals surface area contributed by atoms with Crippen LogP contribution in [-0.2, 0) is 0 Å². The summed E-state index contributed by atoms with van der Waals surface area (Å²) in [7, 11) is 0. The van der Waals surface area contributed by atoms with Gasteiger partial charge < -0.3 is 10.8 Å². The van der Waals surface area contributed by atoms with Crippen molar-refractivity contribution in [3.63, 3.8) is 0 Å². The lowest BCUT2D eigenvalue weighted by atomic mass is 9.69. The molecular formula is C13H27NO. The SMILES string of the molecule is CCC1CCC(C(O)(CN)C(C)C)CC1. The molecule has 1 aliphatic carbocycles. The van der Waals surface area contributed by atoms with Crippen LogP contribution in [0, 0.1) is 17.8 Å². The van der Waals surface area contributed by atoms with Gasteiger partial charge in [-0.15, -0.1) is 0 Å². The van der Waals surface area contributed by atoms with Crippen LogP contribution in [0.3, 0.4) is 0 Å². The first kappa shape index (κ1) is 13.0. The first-order chi connectivity index (χ1) is 7.04. The Balaban J connectivity index is 2.57. The Labute approximate surface area is 94.2 Å². The van der Waals surface area contributed by atoms with Crippen LogP contribution in [0.15, 0.2) is 0 Å². The molecule has 0 aliphatic heterocycles. The van der Waals surface area contributed by atoms with Crippen molar-refractivity contribution in [1.82, 2.24) is 0 Å². The average molecular weight is 213 g/mol. The quantitative estimate of drug-likeness (QED) is 0.754. The lowest BCUT2D eigenvalue weighted by Gasteiger charge is -2.42. The van der Waals surface area contributed by atoms with Gasteiger partial charge in [0.05, 0.1) is 5.60 Å². The van der Waals surface area contributed by atoms with Gasteiger partial charge in [0.2, 0.25) is 0 Å². The van der Waals surface area contributed by atoms with Crippen molar-refractivity contribution < 1.29 is 5.11 Å². The summed E-state index contributed by atoms with van der Waals surface area (Å²) in [6, 6.07) is 0. The van der Waals surface area contributed by atoms with Crippen LogP contribution in [0.2, 0.25) is 0 Å². The Kier molecular flexibility index (Phi) is 4.60. The second kappa shape index (κ2) is 5.31. The molecule has 2 heteroatoms. The van der Waals surface area contributed by atoms with Crippen molar-refractivity contribution in [2.75, 3.05) is 6.54 Å². The Bertz CT molecular complexity index is 185. The zero-order valence-corrected chi connectivity index (χ0v) is 10.5. The van der Waals surface area contributed by atoms with Gasteiger partial charge in [0.1, 0.15) is 0 Å². The molecule has 0 aromatic carbocycles. The minimum Gasteiger partial charge on any atom is -0.388 e. The second-order valence-corrected chi connectivity index (χ2v) is 5.48. The van der Waals surface area contributed by atoms with E-state index in [4.69, 9.17) is 5.73 Å². The Morgan fingerprint density at radius 3 is 2.13 bits per heavy atom. The predicted octanol–water partition coefficient (Wildman–Crippen LogP) is 2.55. The van der Waals surface area contributed by atoms with E-state index in [0.29, 0.717) is 12.5 Å². The molecule has 1 aliphatic rings. The fourth-order valence-electron chi connectivity index (χ4n) is 2.94. The number of hydrogen-bond acceptors (Lipinski definition) is 2. The molecule has 2 nitrogen and oxygen atoms in total. The normalized spacial score (nSPS) is 31.6. The third-order valence-electron chi connectivity index (χ3n) is 4.46. The van der Waals surface area contributed by atoms with E-state index in [1.165, 1.54) is 19.3 Å². The molecule has 0 aromatic rings. The van der Waals surface area contributed by atoms with Crippen molar-refractivity contribution in [1.29, 1.82) is 0 Å². The van der Waals surface area contributed by atoms with Crippen LogP contribution in [0.1, 0.15) is 52.9 Å². The maximum absolute atomic E-state index is 10.6. The number of aliphatic hydroxyl groups is 1. The highest BCUT2D eigenvalue weighted by atomic mass is 16.3. The first-order valence-corrected chi connectivity index (χ1v) is 6.47. The number of hydrogen-bond donors (Lipinski definition) is 2. The van der Waals surface area contributed by atoms with Gasteiger partial charge in [0.15, 0.2) is 0 Å². The summed E-state index contributed by atoms with van der Waals surface area (Å²) in [6.07, 6.45) is 6.15. The van der Waals surface area contributed by atoms with Crippen molar-refractivity contribution in [2.45, 2.75) is 58.5 Å². The fourth-order valence-corrected chi connectivity index (χ4v) is 2.94. The van der Waals surface area contributed by atoms with Crippen LogP contribution >= 0.6 is 0 Å². The summed E-state index contributed by atoms with van der Waals surface area (Å²) >= 11 is 0. The molecule has 1 saturated carbocycles. The van der Waals surface area contributed by atoms with Gasteiger partial charge in [-0.25, -0.2) is 0 Å².